The molecule has 0 aliphatic heterocycles. The zero-order valence-electron chi connectivity index (χ0n) is 12.0. The summed E-state index contributed by atoms with van der Waals surface area (Å²) < 4.78 is 5.07. The molecular formula is C16H22N2O2. The number of hydrogen-bond acceptors (Lipinski definition) is 3. The van der Waals surface area contributed by atoms with Gasteiger partial charge in [0.25, 0.3) is 0 Å². The molecule has 0 saturated heterocycles. The van der Waals surface area contributed by atoms with Crippen LogP contribution in [0.3, 0.4) is 0 Å². The van der Waals surface area contributed by atoms with Crippen LogP contribution in [0.1, 0.15) is 31.4 Å². The van der Waals surface area contributed by atoms with Gasteiger partial charge in [0, 0.05) is 12.6 Å². The summed E-state index contributed by atoms with van der Waals surface area (Å²) in [5.41, 5.74) is 0.759. The maximum atomic E-state index is 12.0. The minimum Gasteiger partial charge on any atom is -0.481 e. The van der Waals surface area contributed by atoms with Gasteiger partial charge in [0.1, 0.15) is 0 Å². The number of amides is 1. The van der Waals surface area contributed by atoms with Crippen molar-refractivity contribution in [3.63, 3.8) is 0 Å². The van der Waals surface area contributed by atoms with Crippen LogP contribution in [0.15, 0.2) is 18.2 Å². The van der Waals surface area contributed by atoms with Crippen molar-refractivity contribution in [1.29, 1.82) is 0 Å². The molecule has 108 valence electrons. The first-order valence-electron chi connectivity index (χ1n) is 7.51. The Balaban J connectivity index is 1.47. The van der Waals surface area contributed by atoms with Crippen molar-refractivity contribution in [1.82, 2.24) is 10.3 Å². The molecule has 20 heavy (non-hydrogen) atoms. The molecule has 0 spiro atoms. The zero-order valence-corrected chi connectivity index (χ0v) is 12.0. The summed E-state index contributed by atoms with van der Waals surface area (Å²) in [6, 6.07) is 5.51. The van der Waals surface area contributed by atoms with E-state index < -0.39 is 0 Å². The third-order valence-corrected chi connectivity index (χ3v) is 4.78. The SMILES string of the molecule is COc1cccc(CC(=O)NC[C@@H]2C[C@H]3CC[C@H]2C3)n1. The van der Waals surface area contributed by atoms with E-state index in [-0.39, 0.29) is 5.91 Å². The number of nitrogens with zero attached hydrogens (tertiary/aromatic N) is 1. The molecule has 0 unspecified atom stereocenters. The fourth-order valence-corrected chi connectivity index (χ4v) is 3.77. The Labute approximate surface area is 119 Å². The van der Waals surface area contributed by atoms with E-state index in [1.165, 1.54) is 25.7 Å². The Morgan fingerprint density at radius 3 is 3.00 bits per heavy atom. The lowest BCUT2D eigenvalue weighted by molar-refractivity contribution is -0.120. The first-order valence-corrected chi connectivity index (χ1v) is 7.51. The van der Waals surface area contributed by atoms with E-state index in [4.69, 9.17) is 4.74 Å². The lowest BCUT2D eigenvalue weighted by atomic mass is 9.89. The highest BCUT2D eigenvalue weighted by Gasteiger charge is 2.39. The molecule has 1 N–H and O–H groups in total. The summed E-state index contributed by atoms with van der Waals surface area (Å²) in [5, 5.41) is 3.08. The van der Waals surface area contributed by atoms with Gasteiger partial charge < -0.3 is 10.1 Å². The van der Waals surface area contributed by atoms with Crippen LogP contribution in [-0.2, 0) is 11.2 Å². The number of fused-ring (bicyclic) bond motifs is 2. The minimum absolute atomic E-state index is 0.0635. The Hall–Kier alpha value is -1.58. The number of rotatable bonds is 5. The highest BCUT2D eigenvalue weighted by atomic mass is 16.5. The number of ether oxygens (including phenoxy) is 1. The van der Waals surface area contributed by atoms with E-state index >= 15 is 0 Å². The van der Waals surface area contributed by atoms with Gasteiger partial charge in [-0.15, -0.1) is 0 Å². The van der Waals surface area contributed by atoms with Crippen LogP contribution in [0.2, 0.25) is 0 Å². The molecule has 1 amide bonds. The topological polar surface area (TPSA) is 51.2 Å². The molecule has 4 nitrogen and oxygen atoms in total. The highest BCUT2D eigenvalue weighted by molar-refractivity contribution is 5.78. The quantitative estimate of drug-likeness (QED) is 0.895. The van der Waals surface area contributed by atoms with Gasteiger partial charge in [0.15, 0.2) is 0 Å². The zero-order chi connectivity index (χ0) is 13.9. The lowest BCUT2D eigenvalue weighted by Gasteiger charge is -2.21. The van der Waals surface area contributed by atoms with Crippen molar-refractivity contribution in [2.24, 2.45) is 17.8 Å². The summed E-state index contributed by atoms with van der Waals surface area (Å²) >= 11 is 0. The average molecular weight is 274 g/mol. The molecule has 1 heterocycles. The largest absolute Gasteiger partial charge is 0.481 e. The van der Waals surface area contributed by atoms with Gasteiger partial charge >= 0.3 is 0 Å². The molecule has 2 bridgehead atoms. The molecule has 4 heteroatoms. The van der Waals surface area contributed by atoms with Crippen LogP contribution in [0.25, 0.3) is 0 Å². The number of methoxy groups -OCH3 is 1. The molecule has 0 radical (unpaired) electrons. The van der Waals surface area contributed by atoms with Gasteiger partial charge in [-0.1, -0.05) is 12.5 Å². The molecular weight excluding hydrogens is 252 g/mol. The molecule has 3 rings (SSSR count). The Bertz CT molecular complexity index is 489. The molecule has 2 fully saturated rings. The number of pyridine rings is 1. The molecule has 0 aromatic carbocycles. The number of nitrogens with one attached hydrogen (secondary N) is 1. The number of carbonyl (C=O) groups excluding carboxylic acids is 1. The van der Waals surface area contributed by atoms with Gasteiger partial charge in [0.2, 0.25) is 11.8 Å². The fourth-order valence-electron chi connectivity index (χ4n) is 3.77. The second-order valence-electron chi connectivity index (χ2n) is 6.09. The van der Waals surface area contributed by atoms with Crippen LogP contribution in [0, 0.1) is 17.8 Å². The van der Waals surface area contributed by atoms with Crippen molar-refractivity contribution >= 4 is 5.91 Å². The third-order valence-electron chi connectivity index (χ3n) is 4.78. The molecule has 2 aliphatic rings. The van der Waals surface area contributed by atoms with E-state index in [1.54, 1.807) is 13.2 Å². The standard InChI is InChI=1S/C16H22N2O2/c1-20-16-4-2-3-14(18-16)9-15(19)17-10-13-8-11-5-6-12(13)7-11/h2-4,11-13H,5-10H2,1H3,(H,17,19)/t11-,12-,13-/m0/s1. The van der Waals surface area contributed by atoms with E-state index in [0.717, 1.165) is 24.1 Å². The minimum atomic E-state index is 0.0635. The van der Waals surface area contributed by atoms with Crippen LogP contribution in [0.4, 0.5) is 0 Å². The van der Waals surface area contributed by atoms with Gasteiger partial charge in [-0.3, -0.25) is 4.79 Å². The van der Waals surface area contributed by atoms with Crippen molar-refractivity contribution in [3.8, 4) is 5.88 Å². The molecule has 3 atom stereocenters. The fraction of sp³-hybridized carbons (Fsp3) is 0.625. The summed E-state index contributed by atoms with van der Waals surface area (Å²) in [6.07, 6.45) is 5.80. The van der Waals surface area contributed by atoms with Crippen molar-refractivity contribution in [2.45, 2.75) is 32.1 Å². The van der Waals surface area contributed by atoms with E-state index in [1.807, 2.05) is 12.1 Å². The predicted molar refractivity (Wildman–Crippen MR) is 76.4 cm³/mol. The second-order valence-corrected chi connectivity index (χ2v) is 6.09. The Kier molecular flexibility index (Phi) is 3.90. The van der Waals surface area contributed by atoms with Crippen molar-refractivity contribution in [3.05, 3.63) is 23.9 Å². The van der Waals surface area contributed by atoms with Gasteiger partial charge in [-0.25, -0.2) is 4.98 Å². The monoisotopic (exact) mass is 274 g/mol. The summed E-state index contributed by atoms with van der Waals surface area (Å²) in [5.74, 6) is 3.12. The summed E-state index contributed by atoms with van der Waals surface area (Å²) in [7, 11) is 1.58. The van der Waals surface area contributed by atoms with E-state index in [9.17, 15) is 4.79 Å². The van der Waals surface area contributed by atoms with Crippen LogP contribution in [-0.4, -0.2) is 24.5 Å². The summed E-state index contributed by atoms with van der Waals surface area (Å²) in [6.45, 7) is 0.837. The normalized spacial score (nSPS) is 27.6. The van der Waals surface area contributed by atoms with Crippen molar-refractivity contribution in [2.75, 3.05) is 13.7 Å². The van der Waals surface area contributed by atoms with Crippen LogP contribution in [0.5, 0.6) is 5.88 Å². The smallest absolute Gasteiger partial charge is 0.226 e. The van der Waals surface area contributed by atoms with E-state index in [2.05, 4.69) is 10.3 Å². The molecule has 1 aromatic heterocycles. The van der Waals surface area contributed by atoms with E-state index in [0.29, 0.717) is 18.2 Å². The molecule has 1 aromatic rings. The first-order chi connectivity index (χ1) is 9.74. The third kappa shape index (κ3) is 2.94. The highest BCUT2D eigenvalue weighted by Crippen LogP contribution is 2.47. The van der Waals surface area contributed by atoms with Gasteiger partial charge in [0.05, 0.1) is 19.2 Å². The average Bonchev–Trinajstić information content (AvgIpc) is 3.08. The second kappa shape index (κ2) is 5.81. The number of carbonyl (C=O) groups is 1. The maximum absolute atomic E-state index is 12.0. The summed E-state index contributed by atoms with van der Waals surface area (Å²) in [4.78, 5) is 16.2. The maximum Gasteiger partial charge on any atom is 0.226 e. The van der Waals surface area contributed by atoms with Gasteiger partial charge in [-0.2, -0.15) is 0 Å². The Morgan fingerprint density at radius 1 is 1.40 bits per heavy atom. The van der Waals surface area contributed by atoms with Crippen LogP contribution < -0.4 is 10.1 Å². The predicted octanol–water partition coefficient (Wildman–Crippen LogP) is 2.19. The number of hydrogen-bond donors (Lipinski definition) is 1. The van der Waals surface area contributed by atoms with Gasteiger partial charge in [-0.05, 0) is 43.1 Å². The first kappa shape index (κ1) is 13.4. The van der Waals surface area contributed by atoms with Crippen LogP contribution >= 0.6 is 0 Å². The molecule has 2 aliphatic carbocycles. The number of aromatic nitrogens is 1. The van der Waals surface area contributed by atoms with Crippen molar-refractivity contribution < 1.29 is 9.53 Å². The molecule has 2 saturated carbocycles. The Morgan fingerprint density at radius 2 is 2.30 bits per heavy atom. The lowest BCUT2D eigenvalue weighted by Crippen LogP contribution is -2.32.